The quantitative estimate of drug-likeness (QED) is 0.470. The molecule has 10 heteroatoms. The van der Waals surface area contributed by atoms with Crippen LogP contribution in [-0.2, 0) is 9.59 Å². The van der Waals surface area contributed by atoms with E-state index in [9.17, 15) is 9.59 Å². The summed E-state index contributed by atoms with van der Waals surface area (Å²) < 4.78 is 0.492. The van der Waals surface area contributed by atoms with E-state index in [-0.39, 0.29) is 11.7 Å². The van der Waals surface area contributed by atoms with Crippen LogP contribution in [0.15, 0.2) is 15.8 Å². The number of hydrogen-bond acceptors (Lipinski definition) is 8. The average Bonchev–Trinajstić information content (AvgIpc) is 3.03. The van der Waals surface area contributed by atoms with Gasteiger partial charge in [0.05, 0.1) is 16.5 Å². The number of aromatic nitrogens is 3. The van der Waals surface area contributed by atoms with Gasteiger partial charge in [0.1, 0.15) is 0 Å². The number of anilines is 1. The number of aliphatic carboxylic acids is 1. The molecule has 0 unspecified atom stereocenters. The number of carboxylic acids is 1. The van der Waals surface area contributed by atoms with E-state index in [0.717, 1.165) is 33.8 Å². The molecule has 21 heavy (non-hydrogen) atoms. The zero-order chi connectivity index (χ0) is 15.2. The zero-order valence-corrected chi connectivity index (χ0v) is 13.2. The van der Waals surface area contributed by atoms with E-state index in [4.69, 9.17) is 5.11 Å². The smallest absolute Gasteiger partial charge is 0.313 e. The molecule has 0 spiro atoms. The van der Waals surface area contributed by atoms with Crippen LogP contribution in [-0.4, -0.2) is 37.9 Å². The van der Waals surface area contributed by atoms with Gasteiger partial charge in [-0.2, -0.15) is 0 Å². The summed E-state index contributed by atoms with van der Waals surface area (Å²) >= 11 is 3.69. The lowest BCUT2D eigenvalue weighted by molar-refractivity contribution is -0.133. The molecular formula is C11H10N4O3S3. The Morgan fingerprint density at radius 2 is 2.29 bits per heavy atom. The van der Waals surface area contributed by atoms with Gasteiger partial charge in [-0.3, -0.25) is 14.9 Å². The number of hydrogen-bond donors (Lipinski definition) is 2. The Morgan fingerprint density at radius 1 is 1.48 bits per heavy atom. The fourth-order valence-corrected chi connectivity index (χ4v) is 3.26. The van der Waals surface area contributed by atoms with Crippen LogP contribution in [0.2, 0.25) is 0 Å². The summed E-state index contributed by atoms with van der Waals surface area (Å²) in [6, 6.07) is 0. The molecule has 110 valence electrons. The molecule has 2 heterocycles. The molecule has 2 rings (SSSR count). The predicted molar refractivity (Wildman–Crippen MR) is 82.8 cm³/mol. The van der Waals surface area contributed by atoms with Gasteiger partial charge in [-0.1, -0.05) is 23.1 Å². The van der Waals surface area contributed by atoms with Crippen molar-refractivity contribution < 1.29 is 14.7 Å². The van der Waals surface area contributed by atoms with Crippen LogP contribution in [0.3, 0.4) is 0 Å². The summed E-state index contributed by atoms with van der Waals surface area (Å²) in [6.07, 6.45) is 2.97. The lowest BCUT2D eigenvalue weighted by Gasteiger charge is -1.93. The van der Waals surface area contributed by atoms with E-state index in [1.54, 1.807) is 6.08 Å². The van der Waals surface area contributed by atoms with Gasteiger partial charge in [-0.05, 0) is 13.0 Å². The van der Waals surface area contributed by atoms with E-state index in [0.29, 0.717) is 9.47 Å². The number of nitrogens with zero attached hydrogens (tertiary/aromatic N) is 3. The number of amides is 1. The standard InChI is InChI=1S/C11H10N4O3S3/c1-6-12-7(4-19-6)2-3-8(16)13-10-14-15-11(21-10)20-5-9(17)18/h2-4H,5H2,1H3,(H,17,18)(H,13,14,16)/b3-2+. The topological polar surface area (TPSA) is 105 Å². The van der Waals surface area contributed by atoms with Gasteiger partial charge in [0.25, 0.3) is 0 Å². The minimum absolute atomic E-state index is 0.0916. The van der Waals surface area contributed by atoms with Crippen LogP contribution < -0.4 is 5.32 Å². The lowest BCUT2D eigenvalue weighted by atomic mass is 10.4. The molecule has 0 fully saturated rings. The maximum absolute atomic E-state index is 11.7. The number of rotatable bonds is 6. The van der Waals surface area contributed by atoms with Crippen molar-refractivity contribution in [2.45, 2.75) is 11.3 Å². The summed E-state index contributed by atoms with van der Waals surface area (Å²) in [5.41, 5.74) is 0.725. The Morgan fingerprint density at radius 3 is 2.95 bits per heavy atom. The molecule has 0 aromatic carbocycles. The largest absolute Gasteiger partial charge is 0.481 e. The van der Waals surface area contributed by atoms with Gasteiger partial charge in [0.2, 0.25) is 11.0 Å². The van der Waals surface area contributed by atoms with Crippen molar-refractivity contribution in [1.82, 2.24) is 15.2 Å². The lowest BCUT2D eigenvalue weighted by Crippen LogP contribution is -2.07. The molecule has 0 aliphatic heterocycles. The molecule has 0 radical (unpaired) electrons. The minimum Gasteiger partial charge on any atom is -0.481 e. The Balaban J connectivity index is 1.87. The van der Waals surface area contributed by atoms with Gasteiger partial charge in [-0.15, -0.1) is 21.5 Å². The third kappa shape index (κ3) is 5.25. The molecule has 0 aliphatic rings. The molecule has 0 saturated carbocycles. The maximum atomic E-state index is 11.7. The third-order valence-electron chi connectivity index (χ3n) is 2.00. The van der Waals surface area contributed by atoms with Crippen molar-refractivity contribution in [3.8, 4) is 0 Å². The van der Waals surface area contributed by atoms with Gasteiger partial charge < -0.3 is 5.11 Å². The first-order valence-corrected chi connectivity index (χ1v) is 8.30. The van der Waals surface area contributed by atoms with Crippen molar-refractivity contribution in [2.75, 3.05) is 11.1 Å². The molecule has 2 N–H and O–H groups in total. The van der Waals surface area contributed by atoms with Crippen molar-refractivity contribution in [3.05, 3.63) is 22.2 Å². The van der Waals surface area contributed by atoms with Gasteiger partial charge in [0.15, 0.2) is 4.34 Å². The summed E-state index contributed by atoms with van der Waals surface area (Å²) in [5, 5.41) is 21.8. The van der Waals surface area contributed by atoms with E-state index < -0.39 is 5.97 Å². The summed E-state index contributed by atoms with van der Waals surface area (Å²) in [4.78, 5) is 26.3. The first kappa shape index (κ1) is 15.6. The average molecular weight is 342 g/mol. The number of thioether (sulfide) groups is 1. The molecular weight excluding hydrogens is 332 g/mol. The number of carboxylic acid groups (broad SMARTS) is 1. The molecule has 7 nitrogen and oxygen atoms in total. The first-order chi connectivity index (χ1) is 10.0. The Kier molecular flexibility index (Phi) is 5.42. The molecule has 0 bridgehead atoms. The fraction of sp³-hybridized carbons (Fsp3) is 0.182. The maximum Gasteiger partial charge on any atom is 0.313 e. The molecule has 0 saturated heterocycles. The van der Waals surface area contributed by atoms with Crippen LogP contribution >= 0.6 is 34.4 Å². The molecule has 0 aliphatic carbocycles. The number of thiazole rings is 1. The Hall–Kier alpha value is -1.78. The summed E-state index contributed by atoms with van der Waals surface area (Å²) in [6.45, 7) is 1.89. The second-order valence-corrected chi connectivity index (χ2v) is 6.93. The van der Waals surface area contributed by atoms with Gasteiger partial charge in [0, 0.05) is 11.5 Å². The van der Waals surface area contributed by atoms with Crippen molar-refractivity contribution in [2.24, 2.45) is 0 Å². The van der Waals surface area contributed by atoms with E-state index in [2.05, 4.69) is 20.5 Å². The normalized spacial score (nSPS) is 10.9. The van der Waals surface area contributed by atoms with Crippen LogP contribution in [0.1, 0.15) is 10.7 Å². The van der Waals surface area contributed by atoms with Crippen LogP contribution in [0, 0.1) is 6.92 Å². The summed E-state index contributed by atoms with van der Waals surface area (Å²) in [5.74, 6) is -1.36. The number of carbonyl (C=O) groups excluding carboxylic acids is 1. The number of carbonyl (C=O) groups is 2. The van der Waals surface area contributed by atoms with E-state index in [1.807, 2.05) is 12.3 Å². The van der Waals surface area contributed by atoms with Crippen molar-refractivity contribution >= 4 is 57.5 Å². The van der Waals surface area contributed by atoms with E-state index in [1.165, 1.54) is 17.4 Å². The SMILES string of the molecule is Cc1nc(/C=C/C(=O)Nc2nnc(SCC(=O)O)s2)cs1. The number of aryl methyl sites for hydroxylation is 1. The highest BCUT2D eigenvalue weighted by atomic mass is 32.2. The molecule has 2 aromatic rings. The highest BCUT2D eigenvalue weighted by Crippen LogP contribution is 2.25. The third-order valence-corrected chi connectivity index (χ3v) is 4.75. The van der Waals surface area contributed by atoms with Crippen LogP contribution in [0.25, 0.3) is 6.08 Å². The fourth-order valence-electron chi connectivity index (χ4n) is 1.21. The zero-order valence-electron chi connectivity index (χ0n) is 10.8. The summed E-state index contributed by atoms with van der Waals surface area (Å²) in [7, 11) is 0. The Bertz CT molecular complexity index is 680. The second kappa shape index (κ2) is 7.29. The molecule has 1 amide bonds. The second-order valence-electron chi connectivity index (χ2n) is 3.67. The minimum atomic E-state index is -0.928. The highest BCUT2D eigenvalue weighted by molar-refractivity contribution is 8.01. The first-order valence-electron chi connectivity index (χ1n) is 5.62. The van der Waals surface area contributed by atoms with E-state index >= 15 is 0 Å². The van der Waals surface area contributed by atoms with Gasteiger partial charge >= 0.3 is 5.97 Å². The molecule has 0 atom stereocenters. The van der Waals surface area contributed by atoms with Crippen molar-refractivity contribution in [1.29, 1.82) is 0 Å². The Labute approximate surface area is 132 Å². The van der Waals surface area contributed by atoms with Crippen LogP contribution in [0.5, 0.6) is 0 Å². The monoisotopic (exact) mass is 342 g/mol. The van der Waals surface area contributed by atoms with Crippen LogP contribution in [0.4, 0.5) is 5.13 Å². The van der Waals surface area contributed by atoms with Gasteiger partial charge in [-0.25, -0.2) is 4.98 Å². The highest BCUT2D eigenvalue weighted by Gasteiger charge is 2.08. The predicted octanol–water partition coefficient (Wildman–Crippen LogP) is 2.13. The van der Waals surface area contributed by atoms with Crippen molar-refractivity contribution in [3.63, 3.8) is 0 Å². The molecule has 2 aromatic heterocycles. The number of nitrogens with one attached hydrogen (secondary N) is 1.